The Hall–Kier alpha value is -2.41. The Morgan fingerprint density at radius 1 is 1.06 bits per heavy atom. The Balaban J connectivity index is 1.69. The Morgan fingerprint density at radius 3 is 2.31 bits per heavy atom. The fraction of sp³-hybridized carbons (Fsp3) is 0.690. The van der Waals surface area contributed by atoms with E-state index in [1.165, 1.54) is 0 Å². The van der Waals surface area contributed by atoms with Gasteiger partial charge in [-0.05, 0) is 57.4 Å². The summed E-state index contributed by atoms with van der Waals surface area (Å²) in [4.78, 5) is 45.8. The fourth-order valence-electron chi connectivity index (χ4n) is 5.65. The number of nitrogens with one attached hydrogen (secondary N) is 1. The van der Waals surface area contributed by atoms with Crippen LogP contribution in [-0.2, 0) is 20.8 Å². The largest absolute Gasteiger partial charge is 0.341 e. The highest BCUT2D eigenvalue weighted by Crippen LogP contribution is 2.25. The molecule has 36 heavy (non-hydrogen) atoms. The summed E-state index contributed by atoms with van der Waals surface area (Å²) in [5.74, 6) is 0.994. The molecule has 1 aromatic rings. The minimum atomic E-state index is -0.494. The molecule has 0 saturated carbocycles. The quantitative estimate of drug-likeness (QED) is 0.537. The molecular weight excluding hydrogens is 452 g/mol. The van der Waals surface area contributed by atoms with Gasteiger partial charge in [-0.2, -0.15) is 0 Å². The second-order valence-corrected chi connectivity index (χ2v) is 11.1. The van der Waals surface area contributed by atoms with E-state index in [1.807, 2.05) is 52.0 Å². The van der Waals surface area contributed by atoms with Crippen LogP contribution in [0.4, 0.5) is 0 Å². The third-order valence-electron chi connectivity index (χ3n) is 7.64. The molecule has 0 aliphatic carbocycles. The number of hydrogen-bond acceptors (Lipinski definition) is 4. The maximum Gasteiger partial charge on any atom is 0.245 e. The zero-order valence-electron chi connectivity index (χ0n) is 22.9. The molecule has 2 atom stereocenters. The SMILES string of the molecule is CCN(C(=O)CC1CCN(C(=O)[C@H](Cc2ccccc2)N2CCN[C@@H](CC(C)C)C2=O)CC1)C(C)C. The second-order valence-electron chi connectivity index (χ2n) is 11.1. The van der Waals surface area contributed by atoms with Crippen molar-refractivity contribution in [1.29, 1.82) is 0 Å². The van der Waals surface area contributed by atoms with Crippen molar-refractivity contribution >= 4 is 17.7 Å². The Kier molecular flexibility index (Phi) is 10.3. The topological polar surface area (TPSA) is 73.0 Å². The number of hydrogen-bond donors (Lipinski definition) is 1. The van der Waals surface area contributed by atoms with Crippen LogP contribution in [0.3, 0.4) is 0 Å². The first-order chi connectivity index (χ1) is 17.2. The van der Waals surface area contributed by atoms with Crippen molar-refractivity contribution in [3.8, 4) is 0 Å². The first-order valence-corrected chi connectivity index (χ1v) is 13.9. The van der Waals surface area contributed by atoms with Crippen LogP contribution in [0.5, 0.6) is 0 Å². The van der Waals surface area contributed by atoms with Crippen LogP contribution in [0.1, 0.15) is 65.9 Å². The summed E-state index contributed by atoms with van der Waals surface area (Å²) in [5.41, 5.74) is 1.07. The lowest BCUT2D eigenvalue weighted by atomic mass is 9.91. The first kappa shape index (κ1) is 28.2. The van der Waals surface area contributed by atoms with E-state index in [0.29, 0.717) is 50.9 Å². The monoisotopic (exact) mass is 498 g/mol. The van der Waals surface area contributed by atoms with E-state index in [0.717, 1.165) is 31.4 Å². The lowest BCUT2D eigenvalue weighted by Gasteiger charge is -2.41. The minimum Gasteiger partial charge on any atom is -0.341 e. The smallest absolute Gasteiger partial charge is 0.245 e. The molecule has 7 heteroatoms. The number of likely N-dealkylation sites (tertiary alicyclic amines) is 1. The van der Waals surface area contributed by atoms with Crippen LogP contribution >= 0.6 is 0 Å². The van der Waals surface area contributed by atoms with Crippen LogP contribution < -0.4 is 5.32 Å². The van der Waals surface area contributed by atoms with Gasteiger partial charge in [0.25, 0.3) is 0 Å². The van der Waals surface area contributed by atoms with Crippen molar-refractivity contribution in [2.75, 3.05) is 32.7 Å². The predicted octanol–water partition coefficient (Wildman–Crippen LogP) is 3.33. The third-order valence-corrected chi connectivity index (χ3v) is 7.64. The van der Waals surface area contributed by atoms with Gasteiger partial charge in [0.2, 0.25) is 17.7 Å². The van der Waals surface area contributed by atoms with Gasteiger partial charge in [-0.25, -0.2) is 0 Å². The molecule has 0 bridgehead atoms. The highest BCUT2D eigenvalue weighted by Gasteiger charge is 2.39. The summed E-state index contributed by atoms with van der Waals surface area (Å²) >= 11 is 0. The van der Waals surface area contributed by atoms with Gasteiger partial charge in [-0.1, -0.05) is 44.2 Å². The van der Waals surface area contributed by atoms with Gasteiger partial charge in [0, 0.05) is 51.6 Å². The zero-order chi connectivity index (χ0) is 26.2. The number of amides is 3. The van der Waals surface area contributed by atoms with Crippen molar-refractivity contribution in [2.24, 2.45) is 11.8 Å². The van der Waals surface area contributed by atoms with E-state index >= 15 is 0 Å². The molecule has 200 valence electrons. The average Bonchev–Trinajstić information content (AvgIpc) is 2.85. The number of nitrogens with zero attached hydrogens (tertiary/aromatic N) is 3. The first-order valence-electron chi connectivity index (χ1n) is 13.9. The highest BCUT2D eigenvalue weighted by atomic mass is 16.2. The summed E-state index contributed by atoms with van der Waals surface area (Å²) in [6.45, 7) is 13.6. The number of rotatable bonds is 10. The van der Waals surface area contributed by atoms with Gasteiger partial charge in [-0.15, -0.1) is 0 Å². The highest BCUT2D eigenvalue weighted by molar-refractivity contribution is 5.90. The van der Waals surface area contributed by atoms with E-state index < -0.39 is 6.04 Å². The van der Waals surface area contributed by atoms with Gasteiger partial charge in [0.15, 0.2) is 0 Å². The van der Waals surface area contributed by atoms with Gasteiger partial charge >= 0.3 is 0 Å². The van der Waals surface area contributed by atoms with Crippen LogP contribution in [0.2, 0.25) is 0 Å². The molecule has 0 aromatic heterocycles. The molecular formula is C29H46N4O3. The fourth-order valence-corrected chi connectivity index (χ4v) is 5.65. The molecule has 3 amide bonds. The summed E-state index contributed by atoms with van der Waals surface area (Å²) in [7, 11) is 0. The predicted molar refractivity (Wildman–Crippen MR) is 143 cm³/mol. The van der Waals surface area contributed by atoms with Crippen LogP contribution in [0.15, 0.2) is 30.3 Å². The summed E-state index contributed by atoms with van der Waals surface area (Å²) < 4.78 is 0. The summed E-state index contributed by atoms with van der Waals surface area (Å²) in [5, 5.41) is 3.36. The van der Waals surface area contributed by atoms with Crippen LogP contribution in [0.25, 0.3) is 0 Å². The van der Waals surface area contributed by atoms with Gasteiger partial charge in [0.05, 0.1) is 6.04 Å². The molecule has 2 aliphatic heterocycles. The van der Waals surface area contributed by atoms with Crippen molar-refractivity contribution in [3.63, 3.8) is 0 Å². The standard InChI is InChI=1S/C29H46N4O3/c1-6-32(22(4)5)27(34)20-24-12-15-31(16-13-24)29(36)26(19-23-10-8-7-9-11-23)33-17-14-30-25(28(33)35)18-21(2)3/h7-11,21-22,24-26,30H,6,12-20H2,1-5H3/t25-,26-/m0/s1. The van der Waals surface area contributed by atoms with Crippen molar-refractivity contribution in [2.45, 2.75) is 84.8 Å². The molecule has 2 aliphatic rings. The number of carbonyl (C=O) groups excluding carboxylic acids is 3. The normalized spacial score (nSPS) is 20.2. The lowest BCUT2D eigenvalue weighted by molar-refractivity contribution is -0.150. The molecule has 3 rings (SSSR count). The molecule has 1 aromatic carbocycles. The number of benzene rings is 1. The van der Waals surface area contributed by atoms with E-state index in [-0.39, 0.29) is 29.8 Å². The molecule has 2 heterocycles. The molecule has 2 saturated heterocycles. The lowest BCUT2D eigenvalue weighted by Crippen LogP contribution is -2.62. The van der Waals surface area contributed by atoms with E-state index in [9.17, 15) is 14.4 Å². The minimum absolute atomic E-state index is 0.0399. The van der Waals surface area contributed by atoms with E-state index in [4.69, 9.17) is 0 Å². The Morgan fingerprint density at radius 2 is 1.72 bits per heavy atom. The number of carbonyl (C=O) groups is 3. The Bertz CT molecular complexity index is 865. The summed E-state index contributed by atoms with van der Waals surface area (Å²) in [6.07, 6.45) is 3.51. The van der Waals surface area contributed by atoms with Crippen molar-refractivity contribution in [3.05, 3.63) is 35.9 Å². The second kappa shape index (κ2) is 13.2. The molecule has 2 fully saturated rings. The van der Waals surface area contributed by atoms with Crippen LogP contribution in [-0.4, -0.2) is 83.3 Å². The van der Waals surface area contributed by atoms with E-state index in [2.05, 4.69) is 33.0 Å². The maximum absolute atomic E-state index is 13.9. The van der Waals surface area contributed by atoms with Crippen LogP contribution in [0, 0.1) is 11.8 Å². The van der Waals surface area contributed by atoms with Crippen molar-refractivity contribution in [1.82, 2.24) is 20.0 Å². The summed E-state index contributed by atoms with van der Waals surface area (Å²) in [6, 6.07) is 9.48. The molecule has 7 nitrogen and oxygen atoms in total. The van der Waals surface area contributed by atoms with E-state index in [1.54, 1.807) is 0 Å². The van der Waals surface area contributed by atoms with Gasteiger partial charge < -0.3 is 20.0 Å². The molecule has 1 N–H and O–H groups in total. The average molecular weight is 499 g/mol. The maximum atomic E-state index is 13.9. The number of piperazine rings is 1. The number of piperidine rings is 1. The Labute approximate surface area is 217 Å². The zero-order valence-corrected chi connectivity index (χ0v) is 22.9. The molecule has 0 spiro atoms. The third kappa shape index (κ3) is 7.31. The molecule has 0 radical (unpaired) electrons. The molecule has 0 unspecified atom stereocenters. The van der Waals surface area contributed by atoms with Gasteiger partial charge in [-0.3, -0.25) is 14.4 Å². The van der Waals surface area contributed by atoms with Gasteiger partial charge in [0.1, 0.15) is 6.04 Å². The van der Waals surface area contributed by atoms with Crippen molar-refractivity contribution < 1.29 is 14.4 Å².